The molecule has 0 spiro atoms. The van der Waals surface area contributed by atoms with E-state index in [2.05, 4.69) is 13.8 Å². The van der Waals surface area contributed by atoms with Crippen molar-refractivity contribution in [2.45, 2.75) is 373 Å². The molecule has 0 rings (SSSR count). The molecule has 0 aromatic carbocycles. The molecule has 0 aliphatic heterocycles. The SMILES string of the molecule is CCCCCCCCCCCCCCCCCCCCCCCCCCCCCCCCCCCCC(=O)OC(COC(=O)CCCCCCCCCCCCCCCCCCCC)COC(OCC[N+](C)(C)C)C(=O)O. The van der Waals surface area contributed by atoms with Gasteiger partial charge in [-0.15, -0.1) is 0 Å². The molecule has 2 unspecified atom stereocenters. The summed E-state index contributed by atoms with van der Waals surface area (Å²) in [6.07, 6.45) is 68.0. The van der Waals surface area contributed by atoms with E-state index in [-0.39, 0.29) is 38.2 Å². The number of likely N-dealkylation sites (N-methyl/N-ethyl adjacent to an activating group) is 1. The van der Waals surface area contributed by atoms with Crippen LogP contribution in [0.25, 0.3) is 0 Å². The number of ether oxygens (including phenoxy) is 4. The molecule has 9 heteroatoms. The third-order valence-corrected chi connectivity index (χ3v) is 15.9. The van der Waals surface area contributed by atoms with Crippen LogP contribution in [0.1, 0.15) is 361 Å². The Kier molecular flexibility index (Phi) is 59.0. The quantitative estimate of drug-likeness (QED) is 0.0278. The zero-order valence-corrected chi connectivity index (χ0v) is 52.4. The van der Waals surface area contributed by atoms with Gasteiger partial charge in [0.05, 0.1) is 34.4 Å². The van der Waals surface area contributed by atoms with Gasteiger partial charge in [0.1, 0.15) is 13.2 Å². The van der Waals surface area contributed by atoms with Crippen LogP contribution in [-0.4, -0.2) is 87.4 Å². The molecule has 2 atom stereocenters. The van der Waals surface area contributed by atoms with Gasteiger partial charge in [0.2, 0.25) is 0 Å². The Morgan fingerprint density at radius 1 is 0.338 bits per heavy atom. The molecule has 0 fully saturated rings. The van der Waals surface area contributed by atoms with Gasteiger partial charge < -0.3 is 28.5 Å². The van der Waals surface area contributed by atoms with E-state index in [4.69, 9.17) is 18.9 Å². The van der Waals surface area contributed by atoms with Crippen LogP contribution < -0.4 is 0 Å². The van der Waals surface area contributed by atoms with Gasteiger partial charge in [-0.05, 0) is 12.8 Å². The number of carbonyl (C=O) groups excluding carboxylic acids is 2. The minimum Gasteiger partial charge on any atom is -0.477 e. The summed E-state index contributed by atoms with van der Waals surface area (Å²) in [5.41, 5.74) is 0. The first-order valence-electron chi connectivity index (χ1n) is 34.2. The summed E-state index contributed by atoms with van der Waals surface area (Å²) < 4.78 is 23.0. The molecule has 0 bridgehead atoms. The lowest BCUT2D eigenvalue weighted by Crippen LogP contribution is -2.40. The van der Waals surface area contributed by atoms with Crippen molar-refractivity contribution in [3.8, 4) is 0 Å². The van der Waals surface area contributed by atoms with Gasteiger partial charge in [-0.1, -0.05) is 335 Å². The average Bonchev–Trinajstić information content (AvgIpc) is 3.40. The van der Waals surface area contributed by atoms with Crippen molar-refractivity contribution < 1.29 is 42.9 Å². The molecule has 0 aromatic heterocycles. The van der Waals surface area contributed by atoms with Crippen LogP contribution >= 0.6 is 0 Å². The van der Waals surface area contributed by atoms with Gasteiger partial charge >= 0.3 is 17.9 Å². The maximum Gasteiger partial charge on any atom is 0.361 e. The summed E-state index contributed by atoms with van der Waals surface area (Å²) in [5, 5.41) is 9.73. The lowest BCUT2D eigenvalue weighted by Gasteiger charge is -2.25. The van der Waals surface area contributed by atoms with Gasteiger partial charge in [-0.2, -0.15) is 0 Å². The average molecular weight is 1090 g/mol. The zero-order valence-electron chi connectivity index (χ0n) is 52.4. The van der Waals surface area contributed by atoms with E-state index in [1.54, 1.807) is 0 Å². The van der Waals surface area contributed by atoms with Crippen LogP contribution in [-0.2, 0) is 33.3 Å². The van der Waals surface area contributed by atoms with Crippen molar-refractivity contribution in [3.63, 3.8) is 0 Å². The Morgan fingerprint density at radius 2 is 0.584 bits per heavy atom. The smallest absolute Gasteiger partial charge is 0.361 e. The number of carbonyl (C=O) groups is 3. The highest BCUT2D eigenvalue weighted by Gasteiger charge is 2.25. The normalized spacial score (nSPS) is 12.6. The molecule has 0 aliphatic carbocycles. The standard InChI is InChI=1S/C68H133NO8/c1-6-8-10-12-14-16-18-20-22-24-26-27-28-29-30-31-32-33-34-35-36-37-38-39-40-41-43-45-47-49-51-53-55-57-59-66(71)77-64(63-76-68(67(72)73)74-61-60-69(3,4)5)62-75-65(70)58-56-54-52-50-48-46-44-42-25-23-21-19-17-15-13-11-9-7-2/h64,68H,6-63H2,1-5H3/p+1. The Bertz CT molecular complexity index is 1220. The monoisotopic (exact) mass is 1090 g/mol. The topological polar surface area (TPSA) is 108 Å². The van der Waals surface area contributed by atoms with Gasteiger partial charge in [-0.25, -0.2) is 4.79 Å². The summed E-state index contributed by atoms with van der Waals surface area (Å²) in [4.78, 5) is 37.5. The minimum atomic E-state index is -1.50. The lowest BCUT2D eigenvalue weighted by atomic mass is 10.0. The number of nitrogens with zero attached hydrogens (tertiary/aromatic N) is 1. The molecular formula is C68H134NO8+. The first kappa shape index (κ1) is 75.3. The molecule has 458 valence electrons. The second kappa shape index (κ2) is 60.4. The van der Waals surface area contributed by atoms with Crippen LogP contribution in [0.5, 0.6) is 0 Å². The molecule has 1 N–H and O–H groups in total. The molecule has 0 saturated carbocycles. The predicted molar refractivity (Wildman–Crippen MR) is 328 cm³/mol. The number of hydrogen-bond donors (Lipinski definition) is 1. The number of esters is 2. The van der Waals surface area contributed by atoms with E-state index in [1.807, 2.05) is 21.1 Å². The molecule has 9 nitrogen and oxygen atoms in total. The van der Waals surface area contributed by atoms with Crippen LogP contribution in [0.4, 0.5) is 0 Å². The number of rotatable bonds is 65. The first-order chi connectivity index (χ1) is 37.6. The fourth-order valence-corrected chi connectivity index (χ4v) is 10.6. The highest BCUT2D eigenvalue weighted by Crippen LogP contribution is 2.19. The summed E-state index contributed by atoms with van der Waals surface area (Å²) in [6.45, 7) is 4.96. The third kappa shape index (κ3) is 61.8. The van der Waals surface area contributed by atoms with Crippen molar-refractivity contribution >= 4 is 17.9 Å². The van der Waals surface area contributed by atoms with Gasteiger partial charge in [0, 0.05) is 12.8 Å². The number of quaternary nitrogens is 1. The highest BCUT2D eigenvalue weighted by atomic mass is 16.7. The number of unbranched alkanes of at least 4 members (excludes halogenated alkanes) is 50. The fourth-order valence-electron chi connectivity index (χ4n) is 10.6. The van der Waals surface area contributed by atoms with Crippen LogP contribution in [0, 0.1) is 0 Å². The van der Waals surface area contributed by atoms with Gasteiger partial charge in [0.25, 0.3) is 6.29 Å². The molecular weight excluding hydrogens is 959 g/mol. The molecule has 0 aromatic rings. The van der Waals surface area contributed by atoms with Crippen LogP contribution in [0.3, 0.4) is 0 Å². The minimum absolute atomic E-state index is 0.172. The summed E-state index contributed by atoms with van der Waals surface area (Å²) in [6, 6.07) is 0. The second-order valence-electron chi connectivity index (χ2n) is 24.9. The molecule has 0 saturated heterocycles. The van der Waals surface area contributed by atoms with Crippen LogP contribution in [0.15, 0.2) is 0 Å². The van der Waals surface area contributed by atoms with E-state index in [0.717, 1.165) is 38.5 Å². The van der Waals surface area contributed by atoms with Gasteiger partial charge in [0.15, 0.2) is 6.10 Å². The van der Waals surface area contributed by atoms with E-state index >= 15 is 0 Å². The lowest BCUT2D eigenvalue weighted by molar-refractivity contribution is -0.870. The molecule has 0 heterocycles. The third-order valence-electron chi connectivity index (χ3n) is 15.9. The van der Waals surface area contributed by atoms with Crippen molar-refractivity contribution in [2.24, 2.45) is 0 Å². The molecule has 0 amide bonds. The Balaban J connectivity index is 3.99. The van der Waals surface area contributed by atoms with Crippen molar-refractivity contribution in [2.75, 3.05) is 47.5 Å². The number of carboxylic acids is 1. The Labute approximate surface area is 479 Å². The molecule has 0 aliphatic rings. The van der Waals surface area contributed by atoms with Crippen LogP contribution in [0.2, 0.25) is 0 Å². The Hall–Kier alpha value is -1.71. The maximum atomic E-state index is 12.9. The van der Waals surface area contributed by atoms with Crippen molar-refractivity contribution in [1.82, 2.24) is 0 Å². The molecule has 77 heavy (non-hydrogen) atoms. The fraction of sp³-hybridized carbons (Fsp3) is 0.956. The summed E-state index contributed by atoms with van der Waals surface area (Å²) in [7, 11) is 5.99. The van der Waals surface area contributed by atoms with E-state index < -0.39 is 18.4 Å². The zero-order chi connectivity index (χ0) is 56.2. The maximum absolute atomic E-state index is 12.9. The second-order valence-corrected chi connectivity index (χ2v) is 24.9. The molecule has 0 radical (unpaired) electrons. The summed E-state index contributed by atoms with van der Waals surface area (Å²) >= 11 is 0. The summed E-state index contributed by atoms with van der Waals surface area (Å²) in [5.74, 6) is -1.97. The van der Waals surface area contributed by atoms with Crippen molar-refractivity contribution in [1.29, 1.82) is 0 Å². The number of aliphatic carboxylic acids is 1. The van der Waals surface area contributed by atoms with E-state index in [1.165, 1.54) is 295 Å². The number of hydrogen-bond acceptors (Lipinski definition) is 7. The van der Waals surface area contributed by atoms with E-state index in [0.29, 0.717) is 17.4 Å². The Morgan fingerprint density at radius 3 is 0.831 bits per heavy atom. The predicted octanol–water partition coefficient (Wildman–Crippen LogP) is 20.7. The first-order valence-corrected chi connectivity index (χ1v) is 34.2. The highest BCUT2D eigenvalue weighted by molar-refractivity contribution is 5.71. The number of carboxylic acid groups (broad SMARTS) is 1. The largest absolute Gasteiger partial charge is 0.477 e. The van der Waals surface area contributed by atoms with E-state index in [9.17, 15) is 19.5 Å². The van der Waals surface area contributed by atoms with Crippen molar-refractivity contribution in [3.05, 3.63) is 0 Å². The van der Waals surface area contributed by atoms with Gasteiger partial charge in [-0.3, -0.25) is 9.59 Å².